The van der Waals surface area contributed by atoms with Gasteiger partial charge in [0.2, 0.25) is 0 Å². The lowest BCUT2D eigenvalue weighted by atomic mass is 9.88. The summed E-state index contributed by atoms with van der Waals surface area (Å²) >= 11 is 1.55. The maximum Gasteiger partial charge on any atom is 0.188 e. The first-order valence-electron chi connectivity index (χ1n) is 9.89. The molecule has 30 heavy (non-hydrogen) atoms. The Bertz CT molecular complexity index is 966. The van der Waals surface area contributed by atoms with Crippen LogP contribution in [0.3, 0.4) is 0 Å². The predicted molar refractivity (Wildman–Crippen MR) is 126 cm³/mol. The van der Waals surface area contributed by atoms with Crippen molar-refractivity contribution in [1.29, 1.82) is 0 Å². The first-order chi connectivity index (χ1) is 13.7. The number of fused-ring (bicyclic) bond motifs is 1. The lowest BCUT2D eigenvalue weighted by Gasteiger charge is -2.18. The molecule has 1 aliphatic heterocycles. The predicted octanol–water partition coefficient (Wildman–Crippen LogP) is 5.72. The van der Waals surface area contributed by atoms with Gasteiger partial charge in [0.15, 0.2) is 5.13 Å². The van der Waals surface area contributed by atoms with E-state index in [2.05, 4.69) is 32.7 Å². The van der Waals surface area contributed by atoms with Gasteiger partial charge >= 0.3 is 0 Å². The van der Waals surface area contributed by atoms with Crippen molar-refractivity contribution >= 4 is 47.1 Å². The van der Waals surface area contributed by atoms with Gasteiger partial charge in [0.25, 0.3) is 0 Å². The third kappa shape index (κ3) is 4.94. The van der Waals surface area contributed by atoms with E-state index in [4.69, 9.17) is 0 Å². The Morgan fingerprint density at radius 1 is 1.07 bits per heavy atom. The van der Waals surface area contributed by atoms with Crippen molar-refractivity contribution in [1.82, 2.24) is 15.3 Å². The molecule has 5 rings (SSSR count). The van der Waals surface area contributed by atoms with Crippen LogP contribution in [0.5, 0.6) is 0 Å². The average Bonchev–Trinajstić information content (AvgIpc) is 3.42. The van der Waals surface area contributed by atoms with Crippen LogP contribution in [0.25, 0.3) is 10.4 Å². The highest BCUT2D eigenvalue weighted by Gasteiger charge is 2.38. The van der Waals surface area contributed by atoms with Gasteiger partial charge in [0.05, 0.1) is 4.88 Å². The third-order valence-electron chi connectivity index (χ3n) is 6.10. The van der Waals surface area contributed by atoms with Crippen molar-refractivity contribution in [3.63, 3.8) is 0 Å². The summed E-state index contributed by atoms with van der Waals surface area (Å²) in [5, 5.41) is 7.67. The summed E-state index contributed by atoms with van der Waals surface area (Å²) in [5.41, 5.74) is 2.31. The number of thiazole rings is 1. The number of halogens is 3. The highest BCUT2D eigenvalue weighted by molar-refractivity contribution is 7.18. The molecule has 2 N–H and O–H groups in total. The lowest BCUT2D eigenvalue weighted by Crippen LogP contribution is -2.17. The molecule has 0 bridgehead atoms. The molecule has 1 saturated heterocycles. The Kier molecular flexibility index (Phi) is 7.69. The molecule has 1 aromatic carbocycles. The zero-order valence-corrected chi connectivity index (χ0v) is 18.8. The van der Waals surface area contributed by atoms with E-state index in [0.29, 0.717) is 0 Å². The molecule has 1 aliphatic carbocycles. The topological polar surface area (TPSA) is 49.8 Å². The fraction of sp³-hybridized carbons (Fsp3) is 0.364. The monoisotopic (exact) mass is 466 g/mol. The van der Waals surface area contributed by atoms with Gasteiger partial charge in [-0.05, 0) is 85.5 Å². The molecule has 4 nitrogen and oxygen atoms in total. The van der Waals surface area contributed by atoms with E-state index in [1.54, 1.807) is 23.5 Å². The molecule has 2 aromatic heterocycles. The second-order valence-corrected chi connectivity index (χ2v) is 8.87. The quantitative estimate of drug-likeness (QED) is 0.504. The minimum atomic E-state index is -0.227. The van der Waals surface area contributed by atoms with Crippen LogP contribution in [0, 0.1) is 23.6 Å². The van der Waals surface area contributed by atoms with E-state index in [9.17, 15) is 4.39 Å². The highest BCUT2D eigenvalue weighted by atomic mass is 35.5. The van der Waals surface area contributed by atoms with Crippen molar-refractivity contribution in [2.75, 3.05) is 18.4 Å². The standard InChI is InChI=1S/C22H23FN4S.2ClH/c23-18-5-3-15(4-6-18)20-13-26-22(28-20)27-21-10-14(7-8-25-21)9-16-1-2-17-11-24-12-19(16)17;;/h3-8,10,13,16-17,19,24H,1-2,9,11-12H2,(H,25,26,27);2*1H/t16-,17-,19-;;/m1../s1. The van der Waals surface area contributed by atoms with Crippen LogP contribution in [-0.4, -0.2) is 23.1 Å². The van der Waals surface area contributed by atoms with E-state index < -0.39 is 0 Å². The Labute approximate surface area is 192 Å². The summed E-state index contributed by atoms with van der Waals surface area (Å²) < 4.78 is 13.1. The van der Waals surface area contributed by atoms with Gasteiger partial charge in [0, 0.05) is 12.4 Å². The van der Waals surface area contributed by atoms with E-state index in [1.807, 2.05) is 12.4 Å². The summed E-state index contributed by atoms with van der Waals surface area (Å²) in [7, 11) is 0. The Hall–Kier alpha value is -1.73. The van der Waals surface area contributed by atoms with Gasteiger partial charge in [0.1, 0.15) is 11.6 Å². The molecule has 0 spiro atoms. The molecular formula is C22H25Cl2FN4S. The fourth-order valence-corrected chi connectivity index (χ4v) is 5.51. The van der Waals surface area contributed by atoms with Gasteiger partial charge in [-0.15, -0.1) is 24.8 Å². The Morgan fingerprint density at radius 2 is 1.90 bits per heavy atom. The molecule has 0 amide bonds. The van der Waals surface area contributed by atoms with Crippen LogP contribution >= 0.6 is 36.2 Å². The summed E-state index contributed by atoms with van der Waals surface area (Å²) in [6, 6.07) is 10.8. The van der Waals surface area contributed by atoms with Gasteiger partial charge in [-0.3, -0.25) is 0 Å². The van der Waals surface area contributed by atoms with Crippen molar-refractivity contribution < 1.29 is 4.39 Å². The minimum absolute atomic E-state index is 0. The van der Waals surface area contributed by atoms with Crippen LogP contribution in [0.2, 0.25) is 0 Å². The number of nitrogens with zero attached hydrogens (tertiary/aromatic N) is 2. The van der Waals surface area contributed by atoms with Gasteiger partial charge < -0.3 is 10.6 Å². The van der Waals surface area contributed by atoms with E-state index in [1.165, 1.54) is 43.6 Å². The molecular weight excluding hydrogens is 442 g/mol. The Morgan fingerprint density at radius 3 is 2.73 bits per heavy atom. The SMILES string of the molecule is Cl.Cl.Fc1ccc(-c2cnc(Nc3cc(C[C@H]4CC[C@@H]5CNC[C@@H]54)ccn3)s2)cc1. The number of pyridine rings is 1. The fourth-order valence-electron chi connectivity index (χ4n) is 4.68. The van der Waals surface area contributed by atoms with Crippen LogP contribution in [0.1, 0.15) is 18.4 Å². The molecule has 2 fully saturated rings. The number of anilines is 2. The van der Waals surface area contributed by atoms with Crippen molar-refractivity contribution in [3.8, 4) is 10.4 Å². The molecule has 2 aliphatic rings. The maximum absolute atomic E-state index is 13.1. The Balaban J connectivity index is 0.00000128. The molecule has 1 saturated carbocycles. The van der Waals surface area contributed by atoms with Gasteiger partial charge in [-0.25, -0.2) is 14.4 Å². The lowest BCUT2D eigenvalue weighted by molar-refractivity contribution is 0.374. The zero-order valence-electron chi connectivity index (χ0n) is 16.4. The molecule has 3 aromatic rings. The van der Waals surface area contributed by atoms with Crippen LogP contribution in [-0.2, 0) is 6.42 Å². The minimum Gasteiger partial charge on any atom is -0.316 e. The number of benzene rings is 1. The number of rotatable bonds is 5. The zero-order chi connectivity index (χ0) is 18.9. The average molecular weight is 467 g/mol. The van der Waals surface area contributed by atoms with Gasteiger partial charge in [-0.1, -0.05) is 23.5 Å². The van der Waals surface area contributed by atoms with Crippen molar-refractivity contribution in [2.24, 2.45) is 17.8 Å². The number of nitrogens with one attached hydrogen (secondary N) is 2. The highest BCUT2D eigenvalue weighted by Crippen LogP contribution is 2.41. The van der Waals surface area contributed by atoms with E-state index >= 15 is 0 Å². The maximum atomic E-state index is 13.1. The summed E-state index contributed by atoms with van der Waals surface area (Å²) in [6.07, 6.45) is 7.53. The second kappa shape index (κ2) is 10.1. The van der Waals surface area contributed by atoms with Crippen LogP contribution < -0.4 is 10.6 Å². The van der Waals surface area contributed by atoms with E-state index in [-0.39, 0.29) is 30.6 Å². The van der Waals surface area contributed by atoms with Crippen molar-refractivity contribution in [2.45, 2.75) is 19.3 Å². The van der Waals surface area contributed by atoms with E-state index in [0.717, 1.165) is 45.6 Å². The first kappa shape index (κ1) is 22.9. The molecule has 3 atom stereocenters. The first-order valence-corrected chi connectivity index (χ1v) is 10.7. The van der Waals surface area contributed by atoms with Crippen LogP contribution in [0.15, 0.2) is 48.8 Å². The van der Waals surface area contributed by atoms with Crippen LogP contribution in [0.4, 0.5) is 15.3 Å². The molecule has 160 valence electrons. The summed E-state index contributed by atoms with van der Waals surface area (Å²) in [4.78, 5) is 9.92. The smallest absolute Gasteiger partial charge is 0.188 e. The van der Waals surface area contributed by atoms with Gasteiger partial charge in [-0.2, -0.15) is 0 Å². The number of hydrogen-bond donors (Lipinski definition) is 2. The molecule has 3 heterocycles. The number of aromatic nitrogens is 2. The number of hydrogen-bond acceptors (Lipinski definition) is 5. The largest absolute Gasteiger partial charge is 0.316 e. The molecule has 8 heteroatoms. The van der Waals surface area contributed by atoms with Crippen molar-refractivity contribution in [3.05, 3.63) is 60.2 Å². The second-order valence-electron chi connectivity index (χ2n) is 7.83. The molecule has 0 unspecified atom stereocenters. The molecule has 0 radical (unpaired) electrons. The normalized spacial score (nSPS) is 22.1. The summed E-state index contributed by atoms with van der Waals surface area (Å²) in [6.45, 7) is 2.38. The third-order valence-corrected chi connectivity index (χ3v) is 7.06. The summed E-state index contributed by atoms with van der Waals surface area (Å²) in [5.74, 6) is 3.10.